The molecule has 1 aliphatic heterocycles. The maximum Gasteiger partial charge on any atom is 0.339 e. The molecule has 4 rings (SSSR count). The normalized spacial score (nSPS) is 13.3. The van der Waals surface area contributed by atoms with E-state index in [9.17, 15) is 4.79 Å². The van der Waals surface area contributed by atoms with Crippen LogP contribution in [-0.2, 0) is 11.2 Å². The summed E-state index contributed by atoms with van der Waals surface area (Å²) in [5, 5.41) is 4.26. The molecule has 3 aromatic rings. The van der Waals surface area contributed by atoms with E-state index in [4.69, 9.17) is 4.74 Å². The number of hydrogen-bond donors (Lipinski definition) is 0. The second-order valence-corrected chi connectivity index (χ2v) is 5.59. The Bertz CT molecular complexity index is 892. The molecule has 0 radical (unpaired) electrons. The van der Waals surface area contributed by atoms with Crippen LogP contribution in [-0.4, -0.2) is 50.2 Å². The first-order valence-electron chi connectivity index (χ1n) is 7.75. The number of carbonyl (C=O) groups excluding carboxylic acids is 1. The summed E-state index contributed by atoms with van der Waals surface area (Å²) in [6.45, 7) is 3.73. The van der Waals surface area contributed by atoms with Gasteiger partial charge in [0.05, 0.1) is 12.1 Å². The van der Waals surface area contributed by atoms with Crippen LogP contribution in [0.4, 0.5) is 5.82 Å². The Morgan fingerprint density at radius 1 is 1.42 bits per heavy atom. The van der Waals surface area contributed by atoms with E-state index >= 15 is 0 Å². The van der Waals surface area contributed by atoms with Crippen molar-refractivity contribution in [1.29, 1.82) is 0 Å². The van der Waals surface area contributed by atoms with E-state index < -0.39 is 0 Å². The van der Waals surface area contributed by atoms with Gasteiger partial charge in [0.15, 0.2) is 0 Å². The summed E-state index contributed by atoms with van der Waals surface area (Å²) in [7, 11) is 0. The SMILES string of the molecule is Cc1nc2ncnn2c2c1CCN2CCOC(=O)c1cccnc1. The minimum absolute atomic E-state index is 0.296. The molecule has 8 nitrogen and oxygen atoms in total. The summed E-state index contributed by atoms with van der Waals surface area (Å²) < 4.78 is 7.10. The van der Waals surface area contributed by atoms with E-state index in [1.54, 1.807) is 22.8 Å². The van der Waals surface area contributed by atoms with Crippen LogP contribution in [0.1, 0.15) is 21.6 Å². The number of nitrogens with zero attached hydrogens (tertiary/aromatic N) is 6. The summed E-state index contributed by atoms with van der Waals surface area (Å²) in [4.78, 5) is 26.7. The number of esters is 1. The summed E-state index contributed by atoms with van der Waals surface area (Å²) in [5.74, 6) is 1.22. The van der Waals surface area contributed by atoms with E-state index in [1.807, 2.05) is 6.92 Å². The van der Waals surface area contributed by atoms with E-state index in [1.165, 1.54) is 18.1 Å². The molecule has 8 heteroatoms. The first-order valence-corrected chi connectivity index (χ1v) is 7.75. The van der Waals surface area contributed by atoms with Crippen LogP contribution in [0.25, 0.3) is 5.78 Å². The Hall–Kier alpha value is -3.03. The third-order valence-electron chi connectivity index (χ3n) is 4.13. The molecule has 0 saturated heterocycles. The number of rotatable bonds is 4. The average molecular weight is 324 g/mol. The number of aryl methyl sites for hydroxylation is 1. The topological polar surface area (TPSA) is 85.5 Å². The molecule has 4 heterocycles. The molecule has 0 unspecified atom stereocenters. The van der Waals surface area contributed by atoms with Crippen LogP contribution in [0.3, 0.4) is 0 Å². The van der Waals surface area contributed by atoms with E-state index in [0.717, 1.165) is 24.5 Å². The van der Waals surface area contributed by atoms with Crippen molar-refractivity contribution in [2.45, 2.75) is 13.3 Å². The predicted molar refractivity (Wildman–Crippen MR) is 86.0 cm³/mol. The van der Waals surface area contributed by atoms with E-state index in [0.29, 0.717) is 24.5 Å². The van der Waals surface area contributed by atoms with Gasteiger partial charge in [-0.05, 0) is 25.5 Å². The predicted octanol–water partition coefficient (Wildman–Crippen LogP) is 1.05. The first-order chi connectivity index (χ1) is 11.7. The van der Waals surface area contributed by atoms with Crippen molar-refractivity contribution < 1.29 is 9.53 Å². The fraction of sp³-hybridized carbons (Fsp3) is 0.312. The lowest BCUT2D eigenvalue weighted by molar-refractivity contribution is 0.0515. The van der Waals surface area contributed by atoms with Gasteiger partial charge in [-0.15, -0.1) is 0 Å². The number of hydrogen-bond acceptors (Lipinski definition) is 7. The van der Waals surface area contributed by atoms with Gasteiger partial charge >= 0.3 is 5.97 Å². The van der Waals surface area contributed by atoms with Crippen LogP contribution in [0.5, 0.6) is 0 Å². The first kappa shape index (κ1) is 14.6. The molecule has 0 fully saturated rings. The number of aromatic nitrogens is 5. The minimum atomic E-state index is -0.362. The lowest BCUT2D eigenvalue weighted by Crippen LogP contribution is -2.28. The third-order valence-corrected chi connectivity index (χ3v) is 4.13. The number of carbonyl (C=O) groups is 1. The highest BCUT2D eigenvalue weighted by Gasteiger charge is 2.26. The summed E-state index contributed by atoms with van der Waals surface area (Å²) in [6, 6.07) is 3.40. The second kappa shape index (κ2) is 5.88. The maximum absolute atomic E-state index is 12.0. The smallest absolute Gasteiger partial charge is 0.339 e. The zero-order valence-corrected chi connectivity index (χ0v) is 13.2. The van der Waals surface area contributed by atoms with Gasteiger partial charge in [0.1, 0.15) is 18.8 Å². The van der Waals surface area contributed by atoms with Crippen LogP contribution in [0.15, 0.2) is 30.9 Å². The fourth-order valence-corrected chi connectivity index (χ4v) is 2.97. The van der Waals surface area contributed by atoms with Crippen molar-refractivity contribution in [2.24, 2.45) is 0 Å². The molecule has 0 atom stereocenters. The Morgan fingerprint density at radius 2 is 2.33 bits per heavy atom. The van der Waals surface area contributed by atoms with Crippen molar-refractivity contribution in [1.82, 2.24) is 24.6 Å². The Morgan fingerprint density at radius 3 is 3.17 bits per heavy atom. The van der Waals surface area contributed by atoms with Crippen molar-refractivity contribution in [3.05, 3.63) is 47.7 Å². The summed E-state index contributed by atoms with van der Waals surface area (Å²) >= 11 is 0. The van der Waals surface area contributed by atoms with Gasteiger partial charge in [-0.1, -0.05) is 0 Å². The van der Waals surface area contributed by atoms with Crippen molar-refractivity contribution in [3.8, 4) is 0 Å². The van der Waals surface area contributed by atoms with Crippen LogP contribution in [0.2, 0.25) is 0 Å². The monoisotopic (exact) mass is 324 g/mol. The third kappa shape index (κ3) is 2.45. The number of anilines is 1. The van der Waals surface area contributed by atoms with E-state index in [2.05, 4.69) is 25.0 Å². The molecule has 0 N–H and O–H groups in total. The summed E-state index contributed by atoms with van der Waals surface area (Å²) in [6.07, 6.45) is 5.53. The Kier molecular flexibility index (Phi) is 3.56. The van der Waals surface area contributed by atoms with Crippen molar-refractivity contribution in [2.75, 3.05) is 24.6 Å². The molecule has 0 bridgehead atoms. The number of pyridine rings is 1. The minimum Gasteiger partial charge on any atom is -0.460 e. The number of fused-ring (bicyclic) bond motifs is 3. The lowest BCUT2D eigenvalue weighted by atomic mass is 10.2. The molecule has 24 heavy (non-hydrogen) atoms. The molecule has 0 spiro atoms. The fourth-order valence-electron chi connectivity index (χ4n) is 2.97. The van der Waals surface area contributed by atoms with Gasteiger partial charge in [-0.3, -0.25) is 4.98 Å². The zero-order chi connectivity index (χ0) is 16.5. The van der Waals surface area contributed by atoms with Gasteiger partial charge < -0.3 is 9.64 Å². The molecule has 0 aliphatic carbocycles. The molecule has 0 aromatic carbocycles. The van der Waals surface area contributed by atoms with Gasteiger partial charge in [-0.25, -0.2) is 9.78 Å². The molecule has 3 aromatic heterocycles. The molecule has 0 amide bonds. The number of ether oxygens (including phenoxy) is 1. The lowest BCUT2D eigenvalue weighted by Gasteiger charge is -2.19. The van der Waals surface area contributed by atoms with Gasteiger partial charge in [-0.2, -0.15) is 14.6 Å². The Labute approximate surface area is 138 Å². The van der Waals surface area contributed by atoms with Gasteiger partial charge in [0.2, 0.25) is 0 Å². The second-order valence-electron chi connectivity index (χ2n) is 5.59. The Balaban J connectivity index is 1.48. The van der Waals surface area contributed by atoms with E-state index in [-0.39, 0.29) is 5.97 Å². The molecule has 0 saturated carbocycles. The van der Waals surface area contributed by atoms with Gasteiger partial charge in [0.25, 0.3) is 5.78 Å². The zero-order valence-electron chi connectivity index (χ0n) is 13.2. The highest BCUT2D eigenvalue weighted by molar-refractivity contribution is 5.88. The highest BCUT2D eigenvalue weighted by Crippen LogP contribution is 2.29. The van der Waals surface area contributed by atoms with Gasteiger partial charge in [0, 0.05) is 30.2 Å². The molecule has 1 aliphatic rings. The molecule has 122 valence electrons. The standard InChI is InChI=1S/C16H16N6O2/c1-11-13-4-6-21(14(13)22-16(20-11)18-10-19-22)7-8-24-15(23)12-3-2-5-17-9-12/h2-3,5,9-10H,4,6-8H2,1H3. The summed E-state index contributed by atoms with van der Waals surface area (Å²) in [5.41, 5.74) is 2.60. The highest BCUT2D eigenvalue weighted by atomic mass is 16.5. The van der Waals surface area contributed by atoms with Crippen molar-refractivity contribution >= 4 is 17.6 Å². The average Bonchev–Trinajstić information content (AvgIpc) is 3.22. The molecular formula is C16H16N6O2. The van der Waals surface area contributed by atoms with Crippen LogP contribution >= 0.6 is 0 Å². The molecular weight excluding hydrogens is 308 g/mol. The van der Waals surface area contributed by atoms with Crippen molar-refractivity contribution in [3.63, 3.8) is 0 Å². The van der Waals surface area contributed by atoms with Crippen LogP contribution < -0.4 is 4.90 Å². The van der Waals surface area contributed by atoms with Crippen LogP contribution in [0, 0.1) is 6.92 Å². The quantitative estimate of drug-likeness (QED) is 0.663. The maximum atomic E-state index is 12.0. The largest absolute Gasteiger partial charge is 0.460 e.